The van der Waals surface area contributed by atoms with Gasteiger partial charge in [0.1, 0.15) is 5.82 Å². The number of hydrogen-bond donors (Lipinski definition) is 1. The number of imidazole rings is 1. The fourth-order valence-corrected chi connectivity index (χ4v) is 3.82. The lowest BCUT2D eigenvalue weighted by Crippen LogP contribution is -2.40. The van der Waals surface area contributed by atoms with Gasteiger partial charge in [-0.25, -0.2) is 4.98 Å². The number of hydrogen-bond acceptors (Lipinski definition) is 2. The molecule has 1 aliphatic heterocycles. The fraction of sp³-hybridized carbons (Fsp3) is 0.444. The van der Waals surface area contributed by atoms with Gasteiger partial charge in [-0.2, -0.15) is 0 Å². The van der Waals surface area contributed by atoms with Crippen molar-refractivity contribution in [1.82, 2.24) is 14.9 Å². The zero-order valence-corrected chi connectivity index (χ0v) is 13.7. The average molecular weight is 330 g/mol. The number of amides is 1. The molecule has 4 nitrogen and oxygen atoms in total. The van der Waals surface area contributed by atoms with Gasteiger partial charge >= 0.3 is 0 Å². The van der Waals surface area contributed by atoms with Crippen LogP contribution in [0.3, 0.4) is 0 Å². The topological polar surface area (TPSA) is 49.0 Å². The van der Waals surface area contributed by atoms with Crippen LogP contribution < -0.4 is 0 Å². The maximum Gasteiger partial charge on any atom is 0.226 e. The summed E-state index contributed by atoms with van der Waals surface area (Å²) >= 11 is 5.95. The lowest BCUT2D eigenvalue weighted by atomic mass is 10.00. The third-order valence-corrected chi connectivity index (χ3v) is 5.28. The zero-order chi connectivity index (χ0) is 15.8. The van der Waals surface area contributed by atoms with E-state index in [0.29, 0.717) is 5.92 Å². The maximum absolute atomic E-state index is 13.0. The molecule has 1 amide bonds. The summed E-state index contributed by atoms with van der Waals surface area (Å²) in [6.45, 7) is 0.841. The van der Waals surface area contributed by atoms with Crippen LogP contribution in [0.5, 0.6) is 0 Å². The van der Waals surface area contributed by atoms with E-state index in [-0.39, 0.29) is 17.9 Å². The molecule has 0 spiro atoms. The van der Waals surface area contributed by atoms with Crippen molar-refractivity contribution in [3.63, 3.8) is 0 Å². The standard InChI is InChI=1S/C18H20ClN3O/c19-13-6-4-12(5-7-13)14-11-15(14)18(23)22-10-2-1-3-16(22)17-20-8-9-21-17/h4-9,14-16H,1-3,10-11H2,(H,20,21)/t14-,15-,16+/m1/s1. The third-order valence-electron chi connectivity index (χ3n) is 5.03. The van der Waals surface area contributed by atoms with Gasteiger partial charge in [0, 0.05) is 29.9 Å². The van der Waals surface area contributed by atoms with Crippen LogP contribution in [0.1, 0.15) is 49.0 Å². The molecule has 0 unspecified atom stereocenters. The van der Waals surface area contributed by atoms with Gasteiger partial charge in [-0.15, -0.1) is 0 Å². The highest BCUT2D eigenvalue weighted by molar-refractivity contribution is 6.30. The molecule has 5 heteroatoms. The van der Waals surface area contributed by atoms with Crippen molar-refractivity contribution in [2.24, 2.45) is 5.92 Å². The number of rotatable bonds is 3. The van der Waals surface area contributed by atoms with Crippen molar-refractivity contribution in [2.45, 2.75) is 37.6 Å². The first-order chi connectivity index (χ1) is 11.2. The molecule has 0 radical (unpaired) electrons. The monoisotopic (exact) mass is 329 g/mol. The predicted octanol–water partition coefficient (Wildman–Crippen LogP) is 3.92. The SMILES string of the molecule is O=C([C@@H]1C[C@@H]1c1ccc(Cl)cc1)N1CCCC[C@H]1c1ncc[nH]1. The van der Waals surface area contributed by atoms with Crippen molar-refractivity contribution in [1.29, 1.82) is 0 Å². The van der Waals surface area contributed by atoms with Crippen LogP contribution in [-0.4, -0.2) is 27.3 Å². The Hall–Kier alpha value is -1.81. The molecule has 2 heterocycles. The van der Waals surface area contributed by atoms with Crippen LogP contribution in [0, 0.1) is 5.92 Å². The molecule has 0 bridgehead atoms. The first-order valence-corrected chi connectivity index (χ1v) is 8.67. The Morgan fingerprint density at radius 2 is 2.09 bits per heavy atom. The van der Waals surface area contributed by atoms with E-state index in [1.54, 1.807) is 6.20 Å². The molecular weight excluding hydrogens is 310 g/mol. The van der Waals surface area contributed by atoms with E-state index in [2.05, 4.69) is 9.97 Å². The van der Waals surface area contributed by atoms with Gasteiger partial charge in [0.25, 0.3) is 0 Å². The highest BCUT2D eigenvalue weighted by Crippen LogP contribution is 2.49. The third kappa shape index (κ3) is 2.88. The summed E-state index contributed by atoms with van der Waals surface area (Å²) in [5.41, 5.74) is 1.22. The zero-order valence-electron chi connectivity index (χ0n) is 12.9. The molecule has 1 aliphatic carbocycles. The van der Waals surface area contributed by atoms with Crippen molar-refractivity contribution < 1.29 is 4.79 Å². The quantitative estimate of drug-likeness (QED) is 0.927. The van der Waals surface area contributed by atoms with Crippen molar-refractivity contribution in [3.05, 3.63) is 53.1 Å². The molecule has 23 heavy (non-hydrogen) atoms. The largest absolute Gasteiger partial charge is 0.347 e. The van der Waals surface area contributed by atoms with Crippen LogP contribution >= 0.6 is 11.6 Å². The van der Waals surface area contributed by atoms with Gasteiger partial charge in [0.05, 0.1) is 6.04 Å². The Bertz CT molecular complexity index is 683. The molecule has 2 aromatic rings. The number of likely N-dealkylation sites (tertiary alicyclic amines) is 1. The van der Waals surface area contributed by atoms with Crippen LogP contribution in [-0.2, 0) is 4.79 Å². The number of benzene rings is 1. The van der Waals surface area contributed by atoms with Gasteiger partial charge in [0.2, 0.25) is 5.91 Å². The van der Waals surface area contributed by atoms with Crippen LogP contribution in [0.4, 0.5) is 0 Å². The van der Waals surface area contributed by atoms with E-state index in [0.717, 1.165) is 43.1 Å². The second kappa shape index (κ2) is 6.00. The molecule has 4 rings (SSSR count). The summed E-state index contributed by atoms with van der Waals surface area (Å²) in [4.78, 5) is 22.6. The highest BCUT2D eigenvalue weighted by atomic mass is 35.5. The van der Waals surface area contributed by atoms with E-state index in [9.17, 15) is 4.79 Å². The smallest absolute Gasteiger partial charge is 0.226 e. The van der Waals surface area contributed by atoms with Crippen molar-refractivity contribution >= 4 is 17.5 Å². The normalized spacial score (nSPS) is 27.0. The Morgan fingerprint density at radius 1 is 1.26 bits per heavy atom. The lowest BCUT2D eigenvalue weighted by Gasteiger charge is -2.35. The first kappa shape index (κ1) is 14.8. The molecule has 1 saturated heterocycles. The molecular formula is C18H20ClN3O. The minimum absolute atomic E-state index is 0.109. The summed E-state index contributed by atoms with van der Waals surface area (Å²) < 4.78 is 0. The number of carbonyl (C=O) groups excluding carboxylic acids is 1. The molecule has 1 aromatic heterocycles. The number of halogens is 1. The van der Waals surface area contributed by atoms with E-state index >= 15 is 0 Å². The Balaban J connectivity index is 1.49. The molecule has 1 saturated carbocycles. The molecule has 2 aliphatic rings. The molecule has 1 aromatic carbocycles. The maximum atomic E-state index is 13.0. The van der Waals surface area contributed by atoms with E-state index in [4.69, 9.17) is 11.6 Å². The summed E-state index contributed by atoms with van der Waals surface area (Å²) in [6.07, 6.45) is 7.78. The van der Waals surface area contributed by atoms with E-state index < -0.39 is 0 Å². The highest BCUT2D eigenvalue weighted by Gasteiger charge is 2.47. The summed E-state index contributed by atoms with van der Waals surface area (Å²) in [5, 5.41) is 0.742. The summed E-state index contributed by atoms with van der Waals surface area (Å²) in [5.74, 6) is 1.67. The Kier molecular flexibility index (Phi) is 3.85. The molecule has 3 atom stereocenters. The number of piperidine rings is 1. The summed E-state index contributed by atoms with van der Waals surface area (Å²) in [7, 11) is 0. The number of aromatic nitrogens is 2. The second-order valence-corrected chi connectivity index (χ2v) is 6.95. The summed E-state index contributed by atoms with van der Waals surface area (Å²) in [6, 6.07) is 8.01. The Morgan fingerprint density at radius 3 is 2.83 bits per heavy atom. The fourth-order valence-electron chi connectivity index (χ4n) is 3.70. The lowest BCUT2D eigenvalue weighted by molar-refractivity contribution is -0.136. The van der Waals surface area contributed by atoms with Gasteiger partial charge in [0.15, 0.2) is 0 Å². The van der Waals surface area contributed by atoms with Crippen LogP contribution in [0.15, 0.2) is 36.7 Å². The minimum atomic E-state index is 0.109. The van der Waals surface area contributed by atoms with Crippen LogP contribution in [0.25, 0.3) is 0 Å². The number of H-pyrrole nitrogens is 1. The van der Waals surface area contributed by atoms with Gasteiger partial charge < -0.3 is 9.88 Å². The van der Waals surface area contributed by atoms with Crippen molar-refractivity contribution in [2.75, 3.05) is 6.54 Å². The second-order valence-electron chi connectivity index (χ2n) is 6.52. The van der Waals surface area contributed by atoms with E-state index in [1.165, 1.54) is 5.56 Å². The van der Waals surface area contributed by atoms with Crippen molar-refractivity contribution in [3.8, 4) is 0 Å². The number of nitrogens with zero attached hydrogens (tertiary/aromatic N) is 2. The number of nitrogens with one attached hydrogen (secondary N) is 1. The number of aromatic amines is 1. The number of carbonyl (C=O) groups is 1. The van der Waals surface area contributed by atoms with Gasteiger partial charge in [-0.3, -0.25) is 4.79 Å². The van der Waals surface area contributed by atoms with E-state index in [1.807, 2.05) is 35.4 Å². The molecule has 2 fully saturated rings. The predicted molar refractivity (Wildman–Crippen MR) is 89.2 cm³/mol. The molecule has 120 valence electrons. The molecule has 1 N–H and O–H groups in total. The first-order valence-electron chi connectivity index (χ1n) is 8.29. The minimum Gasteiger partial charge on any atom is -0.347 e. The van der Waals surface area contributed by atoms with Crippen LogP contribution in [0.2, 0.25) is 5.02 Å². The average Bonchev–Trinajstić information content (AvgIpc) is 3.19. The Labute approximate surface area is 140 Å². The van der Waals surface area contributed by atoms with Gasteiger partial charge in [-0.05, 0) is 49.3 Å². The van der Waals surface area contributed by atoms with Gasteiger partial charge in [-0.1, -0.05) is 23.7 Å².